The molecule has 0 N–H and O–H groups in total. The van der Waals surface area contributed by atoms with E-state index in [9.17, 15) is 13.2 Å². The Kier molecular flexibility index (Phi) is 6.71. The van der Waals surface area contributed by atoms with Crippen molar-refractivity contribution in [1.29, 1.82) is 0 Å². The molecule has 2 aliphatic heterocycles. The molecule has 2 aliphatic rings. The van der Waals surface area contributed by atoms with Crippen LogP contribution in [0.15, 0.2) is 47.4 Å². The maximum Gasteiger partial charge on any atom is 0.254 e. The van der Waals surface area contributed by atoms with Crippen LogP contribution in [0.4, 0.5) is 0 Å². The van der Waals surface area contributed by atoms with E-state index in [0.29, 0.717) is 49.9 Å². The zero-order chi connectivity index (χ0) is 22.7. The van der Waals surface area contributed by atoms with E-state index in [0.717, 1.165) is 24.8 Å². The van der Waals surface area contributed by atoms with Crippen LogP contribution in [0.25, 0.3) is 0 Å². The molecule has 0 bridgehead atoms. The summed E-state index contributed by atoms with van der Waals surface area (Å²) in [5.74, 6) is 1.22. The lowest BCUT2D eigenvalue weighted by atomic mass is 10.1. The van der Waals surface area contributed by atoms with Gasteiger partial charge < -0.3 is 14.4 Å². The zero-order valence-corrected chi connectivity index (χ0v) is 19.4. The summed E-state index contributed by atoms with van der Waals surface area (Å²) in [6.07, 6.45) is 2.80. The highest BCUT2D eigenvalue weighted by atomic mass is 32.2. The van der Waals surface area contributed by atoms with Gasteiger partial charge >= 0.3 is 0 Å². The van der Waals surface area contributed by atoms with Crippen molar-refractivity contribution in [3.05, 3.63) is 53.6 Å². The van der Waals surface area contributed by atoms with Crippen molar-refractivity contribution in [2.75, 3.05) is 26.3 Å². The van der Waals surface area contributed by atoms with Crippen LogP contribution in [-0.2, 0) is 16.6 Å². The molecule has 1 amide bonds. The molecule has 1 saturated heterocycles. The van der Waals surface area contributed by atoms with E-state index in [2.05, 4.69) is 0 Å². The number of nitrogens with zero attached hydrogens (tertiary/aromatic N) is 2. The number of hydrogen-bond acceptors (Lipinski definition) is 5. The smallest absolute Gasteiger partial charge is 0.254 e. The summed E-state index contributed by atoms with van der Waals surface area (Å²) in [7, 11) is -3.56. The van der Waals surface area contributed by atoms with Gasteiger partial charge in [0.25, 0.3) is 5.91 Å². The quantitative estimate of drug-likeness (QED) is 0.660. The monoisotopic (exact) mass is 458 g/mol. The first-order valence-corrected chi connectivity index (χ1v) is 12.6. The predicted octanol–water partition coefficient (Wildman–Crippen LogP) is 3.68. The van der Waals surface area contributed by atoms with Gasteiger partial charge in [-0.25, -0.2) is 8.42 Å². The number of para-hydroxylation sites is 1. The third-order valence-corrected chi connectivity index (χ3v) is 8.16. The van der Waals surface area contributed by atoms with E-state index < -0.39 is 10.0 Å². The number of rotatable bonds is 6. The van der Waals surface area contributed by atoms with Crippen LogP contribution in [-0.4, -0.2) is 55.9 Å². The largest absolute Gasteiger partial charge is 0.486 e. The average molecular weight is 459 g/mol. The molecule has 2 heterocycles. The minimum atomic E-state index is -3.56. The Hall–Kier alpha value is -2.58. The minimum Gasteiger partial charge on any atom is -0.486 e. The molecule has 7 nitrogen and oxygen atoms in total. The Bertz CT molecular complexity index is 1070. The standard InChI is InChI=1S/C24H30N2O5S/c1-3-25(17-20-8-6-9-22-23(20)31-16-15-30-22)24(27)19-10-12-21(13-11-19)32(28,29)26-14-5-4-7-18(26)2/h6,8-13,18H,3-5,7,14-17H2,1-2H3. The molecule has 32 heavy (non-hydrogen) atoms. The third-order valence-electron chi connectivity index (χ3n) is 6.13. The number of fused-ring (bicyclic) bond motifs is 1. The van der Waals surface area contributed by atoms with Crippen molar-refractivity contribution in [2.45, 2.75) is 50.6 Å². The van der Waals surface area contributed by atoms with Crippen molar-refractivity contribution in [2.24, 2.45) is 0 Å². The Morgan fingerprint density at radius 2 is 1.84 bits per heavy atom. The van der Waals surface area contributed by atoms with E-state index in [1.54, 1.807) is 33.5 Å². The summed E-state index contributed by atoms with van der Waals surface area (Å²) in [5, 5.41) is 0. The minimum absolute atomic E-state index is 0.00589. The van der Waals surface area contributed by atoms with Gasteiger partial charge in [-0.15, -0.1) is 0 Å². The second kappa shape index (κ2) is 9.50. The number of amides is 1. The van der Waals surface area contributed by atoms with E-state index in [1.165, 1.54) is 0 Å². The molecule has 0 saturated carbocycles. The second-order valence-corrected chi connectivity index (χ2v) is 10.1. The van der Waals surface area contributed by atoms with Crippen molar-refractivity contribution in [1.82, 2.24) is 9.21 Å². The Morgan fingerprint density at radius 3 is 2.56 bits per heavy atom. The zero-order valence-electron chi connectivity index (χ0n) is 18.6. The van der Waals surface area contributed by atoms with Gasteiger partial charge in [-0.1, -0.05) is 18.6 Å². The van der Waals surface area contributed by atoms with Gasteiger partial charge in [0, 0.05) is 36.8 Å². The fourth-order valence-corrected chi connectivity index (χ4v) is 6.01. The van der Waals surface area contributed by atoms with Gasteiger partial charge in [-0.05, 0) is 57.0 Å². The van der Waals surface area contributed by atoms with Crippen LogP contribution in [0.5, 0.6) is 11.5 Å². The Balaban J connectivity index is 1.51. The first-order valence-electron chi connectivity index (χ1n) is 11.2. The first-order chi connectivity index (χ1) is 15.4. The van der Waals surface area contributed by atoms with Crippen LogP contribution in [0.2, 0.25) is 0 Å². The van der Waals surface area contributed by atoms with E-state index in [1.807, 2.05) is 32.0 Å². The number of benzene rings is 2. The molecule has 2 aromatic carbocycles. The predicted molar refractivity (Wildman–Crippen MR) is 121 cm³/mol. The Labute approximate surface area is 190 Å². The molecular formula is C24H30N2O5S. The number of piperidine rings is 1. The fourth-order valence-electron chi connectivity index (χ4n) is 4.31. The summed E-state index contributed by atoms with van der Waals surface area (Å²) in [6.45, 7) is 6.29. The van der Waals surface area contributed by atoms with Crippen LogP contribution in [0.3, 0.4) is 0 Å². The molecule has 1 unspecified atom stereocenters. The third kappa shape index (κ3) is 4.47. The van der Waals surface area contributed by atoms with Crippen LogP contribution in [0, 0.1) is 0 Å². The average Bonchev–Trinajstić information content (AvgIpc) is 2.82. The first kappa shape index (κ1) is 22.6. The molecule has 8 heteroatoms. The summed E-state index contributed by atoms with van der Waals surface area (Å²) < 4.78 is 39.1. The lowest BCUT2D eigenvalue weighted by Gasteiger charge is -2.32. The summed E-state index contributed by atoms with van der Waals surface area (Å²) in [6, 6.07) is 12.0. The topological polar surface area (TPSA) is 76.1 Å². The van der Waals surface area contributed by atoms with Crippen molar-refractivity contribution in [3.8, 4) is 11.5 Å². The molecule has 1 atom stereocenters. The molecule has 0 radical (unpaired) electrons. The number of ether oxygens (including phenoxy) is 2. The van der Waals surface area contributed by atoms with E-state index in [-0.39, 0.29) is 16.8 Å². The Morgan fingerprint density at radius 1 is 1.09 bits per heavy atom. The van der Waals surface area contributed by atoms with Gasteiger partial charge in [0.15, 0.2) is 11.5 Å². The molecule has 172 valence electrons. The lowest BCUT2D eigenvalue weighted by molar-refractivity contribution is 0.0749. The van der Waals surface area contributed by atoms with Crippen molar-refractivity contribution in [3.63, 3.8) is 0 Å². The van der Waals surface area contributed by atoms with Gasteiger partial charge in [-0.3, -0.25) is 4.79 Å². The van der Waals surface area contributed by atoms with Gasteiger partial charge in [0.05, 0.1) is 4.90 Å². The molecule has 0 aliphatic carbocycles. The SMILES string of the molecule is CCN(Cc1cccc2c1OCCO2)C(=O)c1ccc(S(=O)(=O)N2CCCCC2C)cc1. The number of carbonyl (C=O) groups excluding carboxylic acids is 1. The normalized spacial score (nSPS) is 18.9. The summed E-state index contributed by atoms with van der Waals surface area (Å²) in [4.78, 5) is 15.1. The van der Waals surface area contributed by atoms with Gasteiger partial charge in [0.2, 0.25) is 10.0 Å². The number of hydrogen-bond donors (Lipinski definition) is 0. The molecule has 4 rings (SSSR count). The molecule has 0 spiro atoms. The van der Waals surface area contributed by atoms with Crippen molar-refractivity contribution >= 4 is 15.9 Å². The van der Waals surface area contributed by atoms with E-state index in [4.69, 9.17) is 9.47 Å². The van der Waals surface area contributed by atoms with Crippen LogP contribution >= 0.6 is 0 Å². The van der Waals surface area contributed by atoms with Gasteiger partial charge in [0.1, 0.15) is 13.2 Å². The van der Waals surface area contributed by atoms with E-state index >= 15 is 0 Å². The van der Waals surface area contributed by atoms with Crippen LogP contribution < -0.4 is 9.47 Å². The lowest BCUT2D eigenvalue weighted by Crippen LogP contribution is -2.41. The molecule has 2 aromatic rings. The maximum absolute atomic E-state index is 13.2. The highest BCUT2D eigenvalue weighted by Gasteiger charge is 2.31. The molecular weight excluding hydrogens is 428 g/mol. The number of sulfonamides is 1. The van der Waals surface area contributed by atoms with Crippen molar-refractivity contribution < 1.29 is 22.7 Å². The maximum atomic E-state index is 13.2. The summed E-state index contributed by atoms with van der Waals surface area (Å²) in [5.41, 5.74) is 1.34. The highest BCUT2D eigenvalue weighted by Crippen LogP contribution is 2.34. The molecule has 1 fully saturated rings. The molecule has 0 aromatic heterocycles. The van der Waals surface area contributed by atoms with Gasteiger partial charge in [-0.2, -0.15) is 4.31 Å². The number of carbonyl (C=O) groups is 1. The fraction of sp³-hybridized carbons (Fsp3) is 0.458. The highest BCUT2D eigenvalue weighted by molar-refractivity contribution is 7.89. The van der Waals surface area contributed by atoms with Crippen LogP contribution in [0.1, 0.15) is 49.0 Å². The summed E-state index contributed by atoms with van der Waals surface area (Å²) >= 11 is 0. The second-order valence-electron chi connectivity index (χ2n) is 8.25.